The summed E-state index contributed by atoms with van der Waals surface area (Å²) in [7, 11) is 1.96. The second-order valence-electron chi connectivity index (χ2n) is 8.11. The minimum absolute atomic E-state index is 0.0367. The SMILES string of the molecule is CN(C)c1ccc(CNS(=O)(=O)c2ccc3c(c2)C(=C2CCCC2)C(=O)N3C)cc1. The van der Waals surface area contributed by atoms with E-state index < -0.39 is 10.0 Å². The molecule has 0 unspecified atom stereocenters. The van der Waals surface area contributed by atoms with Crippen LogP contribution in [0.15, 0.2) is 52.9 Å². The molecule has 0 bridgehead atoms. The summed E-state index contributed by atoms with van der Waals surface area (Å²) < 4.78 is 28.6. The van der Waals surface area contributed by atoms with Gasteiger partial charge >= 0.3 is 0 Å². The predicted octanol–water partition coefficient (Wildman–Crippen LogP) is 3.54. The van der Waals surface area contributed by atoms with Crippen LogP contribution in [0.1, 0.15) is 36.8 Å². The van der Waals surface area contributed by atoms with Gasteiger partial charge in [-0.15, -0.1) is 0 Å². The van der Waals surface area contributed by atoms with Crippen molar-refractivity contribution in [1.29, 1.82) is 0 Å². The van der Waals surface area contributed by atoms with E-state index in [1.165, 1.54) is 0 Å². The molecule has 0 atom stereocenters. The third-order valence-corrected chi connectivity index (χ3v) is 7.31. The van der Waals surface area contributed by atoms with Crippen molar-refractivity contribution in [1.82, 2.24) is 4.72 Å². The number of hydrogen-bond donors (Lipinski definition) is 1. The van der Waals surface area contributed by atoms with E-state index in [4.69, 9.17) is 0 Å². The number of anilines is 2. The van der Waals surface area contributed by atoms with Gasteiger partial charge in [-0.3, -0.25) is 4.79 Å². The molecule has 6 nitrogen and oxygen atoms in total. The molecule has 2 aliphatic rings. The topological polar surface area (TPSA) is 69.7 Å². The van der Waals surface area contributed by atoms with Gasteiger partial charge in [-0.25, -0.2) is 13.1 Å². The highest BCUT2D eigenvalue weighted by Gasteiger charge is 2.34. The molecule has 1 heterocycles. The van der Waals surface area contributed by atoms with Crippen LogP contribution in [0.3, 0.4) is 0 Å². The Balaban J connectivity index is 1.60. The van der Waals surface area contributed by atoms with E-state index in [1.54, 1.807) is 30.1 Å². The van der Waals surface area contributed by atoms with Crippen molar-refractivity contribution in [2.45, 2.75) is 37.1 Å². The maximum Gasteiger partial charge on any atom is 0.258 e. The first-order valence-corrected chi connectivity index (χ1v) is 11.7. The van der Waals surface area contributed by atoms with E-state index in [1.807, 2.05) is 43.3 Å². The molecule has 158 valence electrons. The maximum absolute atomic E-state index is 12.9. The van der Waals surface area contributed by atoms with E-state index in [2.05, 4.69) is 4.72 Å². The van der Waals surface area contributed by atoms with Crippen molar-refractivity contribution in [3.8, 4) is 0 Å². The Morgan fingerprint density at radius 1 is 1.03 bits per heavy atom. The standard InChI is InChI=1S/C23H27N3O3S/c1-25(2)18-10-8-16(9-11-18)15-24-30(28,29)19-12-13-21-20(14-19)22(23(27)26(21)3)17-6-4-5-7-17/h8-14,24H,4-7,15H2,1-3H3. The summed E-state index contributed by atoms with van der Waals surface area (Å²) >= 11 is 0. The van der Waals surface area contributed by atoms with Gasteiger partial charge in [0.2, 0.25) is 10.0 Å². The lowest BCUT2D eigenvalue weighted by molar-refractivity contribution is -0.112. The zero-order valence-corrected chi connectivity index (χ0v) is 18.4. The van der Waals surface area contributed by atoms with Crippen molar-refractivity contribution in [2.24, 2.45) is 0 Å². The summed E-state index contributed by atoms with van der Waals surface area (Å²) in [5.41, 5.74) is 5.29. The molecule has 2 aromatic rings. The monoisotopic (exact) mass is 425 g/mol. The van der Waals surface area contributed by atoms with Gasteiger partial charge in [0.15, 0.2) is 0 Å². The molecule has 30 heavy (non-hydrogen) atoms. The van der Waals surface area contributed by atoms with E-state index in [0.29, 0.717) is 5.57 Å². The number of amides is 1. The third-order valence-electron chi connectivity index (χ3n) is 5.91. The van der Waals surface area contributed by atoms with Gasteiger partial charge in [0.05, 0.1) is 10.6 Å². The van der Waals surface area contributed by atoms with E-state index in [-0.39, 0.29) is 17.3 Å². The highest BCUT2D eigenvalue weighted by Crippen LogP contribution is 2.42. The maximum atomic E-state index is 12.9. The molecule has 1 fully saturated rings. The number of carbonyl (C=O) groups is 1. The molecule has 1 saturated carbocycles. The lowest BCUT2D eigenvalue weighted by atomic mass is 10.00. The highest BCUT2D eigenvalue weighted by molar-refractivity contribution is 7.89. The number of benzene rings is 2. The van der Waals surface area contributed by atoms with Crippen molar-refractivity contribution < 1.29 is 13.2 Å². The van der Waals surface area contributed by atoms with Crippen LogP contribution in [-0.2, 0) is 21.4 Å². The Labute approximate surface area is 178 Å². The molecule has 2 aromatic carbocycles. The number of hydrogen-bond acceptors (Lipinski definition) is 4. The van der Waals surface area contributed by atoms with Crippen LogP contribution >= 0.6 is 0 Å². The minimum Gasteiger partial charge on any atom is -0.378 e. The quantitative estimate of drug-likeness (QED) is 0.744. The fourth-order valence-electron chi connectivity index (χ4n) is 4.13. The molecule has 0 spiro atoms. The van der Waals surface area contributed by atoms with Crippen molar-refractivity contribution in [2.75, 3.05) is 30.9 Å². The van der Waals surface area contributed by atoms with Gasteiger partial charge < -0.3 is 9.80 Å². The largest absolute Gasteiger partial charge is 0.378 e. The van der Waals surface area contributed by atoms with Crippen LogP contribution in [0, 0.1) is 0 Å². The first-order chi connectivity index (χ1) is 14.3. The molecule has 0 saturated heterocycles. The zero-order valence-electron chi connectivity index (χ0n) is 17.6. The number of rotatable bonds is 5. The number of fused-ring (bicyclic) bond motifs is 1. The number of nitrogens with one attached hydrogen (secondary N) is 1. The smallest absolute Gasteiger partial charge is 0.258 e. The first-order valence-electron chi connectivity index (χ1n) is 10.2. The summed E-state index contributed by atoms with van der Waals surface area (Å²) in [6.07, 6.45) is 3.98. The van der Waals surface area contributed by atoms with E-state index in [0.717, 1.165) is 53.8 Å². The highest BCUT2D eigenvalue weighted by atomic mass is 32.2. The lowest BCUT2D eigenvalue weighted by Gasteiger charge is -2.13. The third kappa shape index (κ3) is 3.75. The van der Waals surface area contributed by atoms with Crippen molar-refractivity contribution in [3.63, 3.8) is 0 Å². The molecule has 0 radical (unpaired) electrons. The van der Waals surface area contributed by atoms with Gasteiger partial charge in [-0.05, 0) is 61.6 Å². The first kappa shape index (κ1) is 20.6. The molecule has 1 N–H and O–H groups in total. The summed E-state index contributed by atoms with van der Waals surface area (Å²) in [6, 6.07) is 12.7. The number of allylic oxidation sites excluding steroid dienone is 1. The Morgan fingerprint density at radius 3 is 2.33 bits per heavy atom. The van der Waals surface area contributed by atoms with Gasteiger partial charge in [-0.1, -0.05) is 17.7 Å². The fraction of sp³-hybridized carbons (Fsp3) is 0.348. The second-order valence-corrected chi connectivity index (χ2v) is 9.88. The Hall–Kier alpha value is -2.64. The van der Waals surface area contributed by atoms with E-state index in [9.17, 15) is 13.2 Å². The Morgan fingerprint density at radius 2 is 1.70 bits per heavy atom. The molecular formula is C23H27N3O3S. The molecule has 1 aliphatic heterocycles. The van der Waals surface area contributed by atoms with Crippen LogP contribution < -0.4 is 14.5 Å². The summed E-state index contributed by atoms with van der Waals surface area (Å²) in [4.78, 5) is 16.6. The van der Waals surface area contributed by atoms with Gasteiger partial charge in [0, 0.05) is 44.5 Å². The molecule has 1 aliphatic carbocycles. The normalized spacial score (nSPS) is 16.4. The minimum atomic E-state index is -3.70. The van der Waals surface area contributed by atoms with E-state index >= 15 is 0 Å². The Kier molecular flexibility index (Phi) is 5.42. The molecule has 7 heteroatoms. The van der Waals surface area contributed by atoms with Crippen LogP contribution in [-0.4, -0.2) is 35.5 Å². The number of sulfonamides is 1. The molecule has 0 aromatic heterocycles. The molecule has 1 amide bonds. The predicted molar refractivity (Wildman–Crippen MR) is 120 cm³/mol. The molecule has 4 rings (SSSR count). The van der Waals surface area contributed by atoms with Gasteiger partial charge in [-0.2, -0.15) is 0 Å². The number of nitrogens with zero attached hydrogens (tertiary/aromatic N) is 2. The van der Waals surface area contributed by atoms with Crippen LogP contribution in [0.4, 0.5) is 11.4 Å². The van der Waals surface area contributed by atoms with Gasteiger partial charge in [0.25, 0.3) is 5.91 Å². The summed E-state index contributed by atoms with van der Waals surface area (Å²) in [5.74, 6) is -0.0367. The number of carbonyl (C=O) groups excluding carboxylic acids is 1. The van der Waals surface area contributed by atoms with Crippen LogP contribution in [0.5, 0.6) is 0 Å². The molecular weight excluding hydrogens is 398 g/mol. The lowest BCUT2D eigenvalue weighted by Crippen LogP contribution is -2.23. The average Bonchev–Trinajstić information content (AvgIpc) is 3.34. The van der Waals surface area contributed by atoms with Crippen LogP contribution in [0.25, 0.3) is 5.57 Å². The van der Waals surface area contributed by atoms with Crippen molar-refractivity contribution in [3.05, 3.63) is 59.2 Å². The Bertz CT molecular complexity index is 1110. The van der Waals surface area contributed by atoms with Gasteiger partial charge in [0.1, 0.15) is 0 Å². The zero-order chi connectivity index (χ0) is 21.5. The summed E-state index contributed by atoms with van der Waals surface area (Å²) in [5, 5.41) is 0. The summed E-state index contributed by atoms with van der Waals surface area (Å²) in [6.45, 7) is 0.208. The van der Waals surface area contributed by atoms with Crippen LogP contribution in [0.2, 0.25) is 0 Å². The van der Waals surface area contributed by atoms with Crippen molar-refractivity contribution >= 4 is 32.9 Å². The number of likely N-dealkylation sites (N-methyl/N-ethyl adjacent to an activating group) is 1. The average molecular weight is 426 g/mol. The second kappa shape index (κ2) is 7.89. The fourth-order valence-corrected chi connectivity index (χ4v) is 5.18.